The second-order valence-corrected chi connectivity index (χ2v) is 8.58. The predicted octanol–water partition coefficient (Wildman–Crippen LogP) is 3.68. The van der Waals surface area contributed by atoms with Gasteiger partial charge in [0.15, 0.2) is 0 Å². The van der Waals surface area contributed by atoms with E-state index in [0.717, 1.165) is 42.9 Å². The molecule has 0 unspecified atom stereocenters. The summed E-state index contributed by atoms with van der Waals surface area (Å²) in [7, 11) is 2.10. The van der Waals surface area contributed by atoms with Gasteiger partial charge in [0.05, 0.1) is 23.8 Å². The summed E-state index contributed by atoms with van der Waals surface area (Å²) in [6.45, 7) is 3.59. The largest absolute Gasteiger partial charge is 0.508 e. The molecule has 2 aromatic carbocycles. The van der Waals surface area contributed by atoms with E-state index < -0.39 is 0 Å². The van der Waals surface area contributed by atoms with E-state index >= 15 is 0 Å². The number of piperidine rings is 1. The summed E-state index contributed by atoms with van der Waals surface area (Å²) in [4.78, 5) is 17.7. The van der Waals surface area contributed by atoms with Gasteiger partial charge in [0.1, 0.15) is 5.75 Å². The molecular weight excluding hydrogens is 432 g/mol. The molecule has 5 rings (SSSR count). The summed E-state index contributed by atoms with van der Waals surface area (Å²) in [5, 5.41) is 22.2. The number of phenolic OH excluding ortho intramolecular Hbond substituents is 1. The van der Waals surface area contributed by atoms with Crippen LogP contribution in [0.15, 0.2) is 65.3 Å². The normalized spacial score (nSPS) is 14.9. The zero-order valence-electron chi connectivity index (χ0n) is 19.1. The van der Waals surface area contributed by atoms with Crippen LogP contribution >= 0.6 is 0 Å². The van der Waals surface area contributed by atoms with Crippen molar-refractivity contribution in [2.75, 3.05) is 25.0 Å². The van der Waals surface area contributed by atoms with Gasteiger partial charge in [-0.05, 0) is 75.4 Å². The fraction of sp³-hybridized carbons (Fsp3) is 0.280. The van der Waals surface area contributed by atoms with Crippen molar-refractivity contribution < 1.29 is 14.3 Å². The highest BCUT2D eigenvalue weighted by molar-refractivity contribution is 6.06. The highest BCUT2D eigenvalue weighted by Crippen LogP contribution is 2.28. The number of amides is 1. The van der Waals surface area contributed by atoms with Gasteiger partial charge in [-0.15, -0.1) is 10.2 Å². The number of aromatic nitrogens is 4. The Labute approximate surface area is 197 Å². The molecule has 3 heterocycles. The average molecular weight is 459 g/mol. The summed E-state index contributed by atoms with van der Waals surface area (Å²) >= 11 is 0. The molecule has 0 saturated carbocycles. The van der Waals surface area contributed by atoms with E-state index in [-0.39, 0.29) is 17.7 Å². The number of anilines is 1. The first-order chi connectivity index (χ1) is 16.5. The van der Waals surface area contributed by atoms with E-state index in [4.69, 9.17) is 4.42 Å². The maximum absolute atomic E-state index is 13.6. The SMILES string of the molecule is Cc1nnc(-c2cccc(-n3cc(N(C(=O)c4ccc(O)cc4)C4CCN(C)CC4)cn3)c2)o1. The number of likely N-dealkylation sites (tertiary alicyclic amines) is 1. The van der Waals surface area contributed by atoms with Gasteiger partial charge < -0.3 is 19.3 Å². The van der Waals surface area contributed by atoms with Crippen LogP contribution < -0.4 is 4.90 Å². The lowest BCUT2D eigenvalue weighted by atomic mass is 10.0. The lowest BCUT2D eigenvalue weighted by Gasteiger charge is -2.36. The number of rotatable bonds is 5. The number of hydrogen-bond acceptors (Lipinski definition) is 7. The van der Waals surface area contributed by atoms with E-state index in [1.54, 1.807) is 29.9 Å². The van der Waals surface area contributed by atoms with Gasteiger partial charge in [-0.1, -0.05) is 6.07 Å². The minimum atomic E-state index is -0.107. The summed E-state index contributed by atoms with van der Waals surface area (Å²) in [6.07, 6.45) is 5.34. The fourth-order valence-corrected chi connectivity index (χ4v) is 4.26. The van der Waals surface area contributed by atoms with Crippen molar-refractivity contribution >= 4 is 11.6 Å². The molecule has 174 valence electrons. The van der Waals surface area contributed by atoms with E-state index in [2.05, 4.69) is 27.2 Å². The van der Waals surface area contributed by atoms with Crippen LogP contribution in [0.25, 0.3) is 17.1 Å². The Morgan fingerprint density at radius 2 is 1.88 bits per heavy atom. The zero-order valence-corrected chi connectivity index (χ0v) is 19.1. The van der Waals surface area contributed by atoms with Crippen molar-refractivity contribution in [3.63, 3.8) is 0 Å². The van der Waals surface area contributed by atoms with Crippen LogP contribution in [0.4, 0.5) is 5.69 Å². The smallest absolute Gasteiger partial charge is 0.258 e. The van der Waals surface area contributed by atoms with E-state index in [9.17, 15) is 9.90 Å². The molecule has 1 aliphatic rings. The number of hydrogen-bond donors (Lipinski definition) is 1. The molecule has 1 fully saturated rings. The molecule has 9 heteroatoms. The van der Waals surface area contributed by atoms with Crippen LogP contribution in [0.1, 0.15) is 29.1 Å². The first-order valence-corrected chi connectivity index (χ1v) is 11.2. The third-order valence-electron chi connectivity index (χ3n) is 6.12. The number of carbonyl (C=O) groups is 1. The minimum Gasteiger partial charge on any atom is -0.508 e. The van der Waals surface area contributed by atoms with Crippen LogP contribution in [0.2, 0.25) is 0 Å². The second kappa shape index (κ2) is 9.11. The molecule has 1 saturated heterocycles. The van der Waals surface area contributed by atoms with E-state index in [1.165, 1.54) is 12.1 Å². The first-order valence-electron chi connectivity index (χ1n) is 11.2. The van der Waals surface area contributed by atoms with Crippen LogP contribution in [0, 0.1) is 6.92 Å². The number of benzene rings is 2. The van der Waals surface area contributed by atoms with Gasteiger partial charge in [0.25, 0.3) is 5.91 Å². The van der Waals surface area contributed by atoms with Crippen LogP contribution in [0.5, 0.6) is 5.75 Å². The Bertz CT molecular complexity index is 1290. The highest BCUT2D eigenvalue weighted by Gasteiger charge is 2.30. The van der Waals surface area contributed by atoms with Gasteiger partial charge in [-0.2, -0.15) is 5.10 Å². The number of aryl methyl sites for hydroxylation is 1. The topological polar surface area (TPSA) is 101 Å². The monoisotopic (exact) mass is 458 g/mol. The summed E-state index contributed by atoms with van der Waals surface area (Å²) in [5.74, 6) is 0.973. The Balaban J connectivity index is 1.48. The van der Waals surface area contributed by atoms with Crippen molar-refractivity contribution in [1.82, 2.24) is 24.9 Å². The standard InChI is InChI=1S/C25H26N6O3/c1-17-27-28-24(34-17)19-4-3-5-21(14-19)30-16-22(15-26-30)31(20-10-12-29(2)13-11-20)25(33)18-6-8-23(32)9-7-18/h3-9,14-16,20,32H,10-13H2,1-2H3. The molecule has 34 heavy (non-hydrogen) atoms. The lowest BCUT2D eigenvalue weighted by Crippen LogP contribution is -2.46. The van der Waals surface area contributed by atoms with E-state index in [1.807, 2.05) is 35.4 Å². The summed E-state index contributed by atoms with van der Waals surface area (Å²) in [5.41, 5.74) is 2.87. The molecule has 4 aromatic rings. The van der Waals surface area contributed by atoms with Gasteiger partial charge in [0, 0.05) is 24.1 Å². The van der Waals surface area contributed by atoms with Crippen molar-refractivity contribution in [2.45, 2.75) is 25.8 Å². The lowest BCUT2D eigenvalue weighted by molar-refractivity contribution is 0.0963. The van der Waals surface area contributed by atoms with Gasteiger partial charge in [-0.3, -0.25) is 4.79 Å². The molecule has 0 aliphatic carbocycles. The zero-order chi connectivity index (χ0) is 23.7. The van der Waals surface area contributed by atoms with Gasteiger partial charge >= 0.3 is 0 Å². The maximum Gasteiger partial charge on any atom is 0.258 e. The number of phenols is 1. The highest BCUT2D eigenvalue weighted by atomic mass is 16.4. The first kappa shape index (κ1) is 21.8. The van der Waals surface area contributed by atoms with Crippen LogP contribution in [-0.4, -0.2) is 62.1 Å². The fourth-order valence-electron chi connectivity index (χ4n) is 4.26. The molecule has 1 aliphatic heterocycles. The Kier molecular flexibility index (Phi) is 5.85. The van der Waals surface area contributed by atoms with Crippen molar-refractivity contribution in [2.24, 2.45) is 0 Å². The number of aromatic hydroxyl groups is 1. The molecule has 0 bridgehead atoms. The maximum atomic E-state index is 13.6. The van der Waals surface area contributed by atoms with Gasteiger partial charge in [-0.25, -0.2) is 4.68 Å². The Morgan fingerprint density at radius 1 is 1.12 bits per heavy atom. The quantitative estimate of drug-likeness (QED) is 0.487. The summed E-state index contributed by atoms with van der Waals surface area (Å²) < 4.78 is 7.30. The number of carbonyl (C=O) groups excluding carboxylic acids is 1. The van der Waals surface area contributed by atoms with Crippen LogP contribution in [-0.2, 0) is 0 Å². The molecule has 1 N–H and O–H groups in total. The molecular formula is C25H26N6O3. The molecule has 0 atom stereocenters. The third-order valence-corrected chi connectivity index (χ3v) is 6.12. The molecule has 2 aromatic heterocycles. The average Bonchev–Trinajstić information content (AvgIpc) is 3.51. The molecule has 1 amide bonds. The van der Waals surface area contributed by atoms with Gasteiger partial charge in [0.2, 0.25) is 11.8 Å². The van der Waals surface area contributed by atoms with Crippen LogP contribution in [0.3, 0.4) is 0 Å². The summed E-state index contributed by atoms with van der Waals surface area (Å²) in [6, 6.07) is 14.1. The van der Waals surface area contributed by atoms with Crippen molar-refractivity contribution in [1.29, 1.82) is 0 Å². The minimum absolute atomic E-state index is 0.0582. The van der Waals surface area contributed by atoms with E-state index in [0.29, 0.717) is 17.3 Å². The Morgan fingerprint density at radius 3 is 2.59 bits per heavy atom. The molecule has 0 spiro atoms. The van der Waals surface area contributed by atoms with Crippen molar-refractivity contribution in [3.8, 4) is 22.9 Å². The third kappa shape index (κ3) is 4.42. The molecule has 9 nitrogen and oxygen atoms in total. The number of nitrogens with zero attached hydrogens (tertiary/aromatic N) is 6. The van der Waals surface area contributed by atoms with Crippen molar-refractivity contribution in [3.05, 3.63) is 72.4 Å². The predicted molar refractivity (Wildman–Crippen MR) is 127 cm³/mol. The second-order valence-electron chi connectivity index (χ2n) is 8.58. The molecule has 0 radical (unpaired) electrons. The Hall–Kier alpha value is -3.98.